The minimum absolute atomic E-state index is 0.0108. The van der Waals surface area contributed by atoms with Crippen molar-refractivity contribution in [2.24, 2.45) is 5.10 Å². The summed E-state index contributed by atoms with van der Waals surface area (Å²) in [6.07, 6.45) is 0. The van der Waals surface area contributed by atoms with Crippen LogP contribution in [-0.4, -0.2) is 46.8 Å². The second kappa shape index (κ2) is 9.21. The number of nitrogens with one attached hydrogen (secondary N) is 1. The van der Waals surface area contributed by atoms with Gasteiger partial charge in [-0.1, -0.05) is 12.1 Å². The molecule has 1 amide bonds. The number of hydrogen-bond acceptors (Lipinski definition) is 6. The van der Waals surface area contributed by atoms with Crippen LogP contribution in [0.1, 0.15) is 19.4 Å². The van der Waals surface area contributed by atoms with Gasteiger partial charge in [0.1, 0.15) is 5.75 Å². The minimum Gasteiger partial charge on any atom is -0.484 e. The number of hydrazone groups is 1. The number of aromatic nitrogens is 2. The highest BCUT2D eigenvalue weighted by molar-refractivity contribution is 5.99. The van der Waals surface area contributed by atoms with E-state index < -0.39 is 0 Å². The Morgan fingerprint density at radius 2 is 1.87 bits per heavy atom. The summed E-state index contributed by atoms with van der Waals surface area (Å²) >= 11 is 0. The molecule has 0 aliphatic rings. The van der Waals surface area contributed by atoms with E-state index in [0.29, 0.717) is 29.1 Å². The fourth-order valence-electron chi connectivity index (χ4n) is 2.81. The lowest BCUT2D eigenvalue weighted by atomic mass is 10.1. The topological polar surface area (TPSA) is 88.8 Å². The number of ether oxygens (including phenoxy) is 1. The van der Waals surface area contributed by atoms with Crippen LogP contribution < -0.4 is 15.7 Å². The minimum atomic E-state index is -0.106. The van der Waals surface area contributed by atoms with Crippen molar-refractivity contribution >= 4 is 28.5 Å². The number of amides is 1. The third-order valence-corrected chi connectivity index (χ3v) is 4.63. The van der Waals surface area contributed by atoms with Gasteiger partial charge in [-0.3, -0.25) is 14.2 Å². The third kappa shape index (κ3) is 4.65. The third-order valence-electron chi connectivity index (χ3n) is 4.63. The highest BCUT2D eigenvalue weighted by atomic mass is 16.5. The van der Waals surface area contributed by atoms with Crippen molar-refractivity contribution in [2.75, 3.05) is 26.1 Å². The molecule has 0 radical (unpaired) electrons. The van der Waals surface area contributed by atoms with Gasteiger partial charge >= 0.3 is 0 Å². The van der Waals surface area contributed by atoms with Crippen LogP contribution in [-0.2, 0) is 11.3 Å². The van der Waals surface area contributed by atoms with Crippen molar-refractivity contribution in [2.45, 2.75) is 20.4 Å². The molecule has 0 bridgehead atoms. The largest absolute Gasteiger partial charge is 0.484 e. The second-order valence-corrected chi connectivity index (χ2v) is 6.91. The number of likely N-dealkylation sites (N-methyl/N-ethyl adjacent to an activating group) is 1. The van der Waals surface area contributed by atoms with E-state index in [4.69, 9.17) is 4.74 Å². The fraction of sp³-hybridized carbons (Fsp3) is 0.273. The molecule has 0 saturated carbocycles. The van der Waals surface area contributed by atoms with Crippen molar-refractivity contribution in [1.29, 1.82) is 0 Å². The van der Waals surface area contributed by atoms with Gasteiger partial charge in [-0.2, -0.15) is 5.10 Å². The Labute approximate surface area is 174 Å². The van der Waals surface area contributed by atoms with E-state index in [1.165, 1.54) is 4.90 Å². The highest BCUT2D eigenvalue weighted by Crippen LogP contribution is 2.14. The molecule has 3 rings (SSSR count). The number of anilines is 1. The number of para-hydroxylation sites is 1. The number of rotatable bonds is 7. The summed E-state index contributed by atoms with van der Waals surface area (Å²) in [5.41, 5.74) is 5.03. The number of fused-ring (bicyclic) bond motifs is 1. The van der Waals surface area contributed by atoms with Crippen molar-refractivity contribution in [3.8, 4) is 5.75 Å². The zero-order valence-corrected chi connectivity index (χ0v) is 17.5. The molecule has 8 heteroatoms. The number of benzene rings is 2. The molecule has 3 aromatic rings. The van der Waals surface area contributed by atoms with Crippen LogP contribution in [0.25, 0.3) is 10.9 Å². The van der Waals surface area contributed by atoms with E-state index in [-0.39, 0.29) is 18.1 Å². The Bertz CT molecular complexity index is 1130. The fourth-order valence-corrected chi connectivity index (χ4v) is 2.81. The van der Waals surface area contributed by atoms with E-state index >= 15 is 0 Å². The van der Waals surface area contributed by atoms with Crippen LogP contribution in [0.4, 0.5) is 5.95 Å². The summed E-state index contributed by atoms with van der Waals surface area (Å²) in [4.78, 5) is 30.3. The van der Waals surface area contributed by atoms with E-state index in [9.17, 15) is 9.59 Å². The molecule has 0 atom stereocenters. The van der Waals surface area contributed by atoms with Gasteiger partial charge in [-0.05, 0) is 55.8 Å². The van der Waals surface area contributed by atoms with Crippen molar-refractivity contribution in [1.82, 2.24) is 14.5 Å². The molecule has 0 saturated heterocycles. The normalized spacial score (nSPS) is 11.4. The molecule has 1 N–H and O–H groups in total. The first kappa shape index (κ1) is 21.0. The Morgan fingerprint density at radius 1 is 1.17 bits per heavy atom. The smallest absolute Gasteiger partial charge is 0.262 e. The summed E-state index contributed by atoms with van der Waals surface area (Å²) in [6.45, 7) is 4.21. The van der Waals surface area contributed by atoms with Crippen LogP contribution >= 0.6 is 0 Å². The van der Waals surface area contributed by atoms with Gasteiger partial charge < -0.3 is 9.64 Å². The molecule has 8 nitrogen and oxygen atoms in total. The molecule has 30 heavy (non-hydrogen) atoms. The van der Waals surface area contributed by atoms with Gasteiger partial charge in [-0.15, -0.1) is 0 Å². The number of nitrogens with zero attached hydrogens (tertiary/aromatic N) is 4. The zero-order chi connectivity index (χ0) is 21.7. The number of hydrogen-bond donors (Lipinski definition) is 1. The SMILES string of the molecule is CCn1c(N/N=C(/C)c2ccc(OCC(=O)N(C)C)cc2)nc2ccccc2c1=O. The standard InChI is InChI=1S/C22H25N5O3/c1-5-27-21(29)18-8-6-7-9-19(18)23-22(27)25-24-15(2)16-10-12-17(13-11-16)30-14-20(28)26(3)4/h6-13H,5,14H2,1-4H3,(H,23,25)/b24-15-. The first-order valence-electron chi connectivity index (χ1n) is 9.64. The molecular formula is C22H25N5O3. The van der Waals surface area contributed by atoms with Gasteiger partial charge in [0.15, 0.2) is 6.61 Å². The van der Waals surface area contributed by atoms with E-state index in [0.717, 1.165) is 11.3 Å². The summed E-state index contributed by atoms with van der Waals surface area (Å²) in [6, 6.07) is 14.5. The zero-order valence-electron chi connectivity index (χ0n) is 17.5. The molecule has 1 heterocycles. The summed E-state index contributed by atoms with van der Waals surface area (Å²) in [7, 11) is 3.37. The lowest BCUT2D eigenvalue weighted by Crippen LogP contribution is -2.27. The molecule has 0 aliphatic carbocycles. The van der Waals surface area contributed by atoms with Crippen molar-refractivity contribution in [3.63, 3.8) is 0 Å². The summed E-state index contributed by atoms with van der Waals surface area (Å²) < 4.78 is 7.04. The molecule has 156 valence electrons. The van der Waals surface area contributed by atoms with Crippen LogP contribution in [0.3, 0.4) is 0 Å². The first-order valence-corrected chi connectivity index (χ1v) is 9.64. The maximum absolute atomic E-state index is 12.7. The maximum atomic E-state index is 12.7. The Kier molecular flexibility index (Phi) is 6.46. The average molecular weight is 407 g/mol. The van der Waals surface area contributed by atoms with Gasteiger partial charge in [0.25, 0.3) is 11.5 Å². The maximum Gasteiger partial charge on any atom is 0.262 e. The van der Waals surface area contributed by atoms with E-state index in [1.54, 1.807) is 42.9 Å². The van der Waals surface area contributed by atoms with Crippen molar-refractivity contribution < 1.29 is 9.53 Å². The molecule has 1 aromatic heterocycles. The van der Waals surface area contributed by atoms with Crippen LogP contribution in [0.15, 0.2) is 58.4 Å². The van der Waals surface area contributed by atoms with Gasteiger partial charge in [0.05, 0.1) is 16.6 Å². The van der Waals surface area contributed by atoms with Crippen molar-refractivity contribution in [3.05, 3.63) is 64.4 Å². The lowest BCUT2D eigenvalue weighted by molar-refractivity contribution is -0.130. The molecule has 0 spiro atoms. The molecular weight excluding hydrogens is 382 g/mol. The van der Waals surface area contributed by atoms with Gasteiger partial charge in [0, 0.05) is 20.6 Å². The predicted molar refractivity (Wildman–Crippen MR) is 118 cm³/mol. The van der Waals surface area contributed by atoms with E-state index in [2.05, 4.69) is 15.5 Å². The highest BCUT2D eigenvalue weighted by Gasteiger charge is 2.09. The molecule has 0 unspecified atom stereocenters. The molecule has 2 aromatic carbocycles. The van der Waals surface area contributed by atoms with Crippen LogP contribution in [0.5, 0.6) is 5.75 Å². The monoisotopic (exact) mass is 407 g/mol. The Balaban J connectivity index is 1.76. The lowest BCUT2D eigenvalue weighted by Gasteiger charge is -2.12. The predicted octanol–water partition coefficient (Wildman–Crippen LogP) is 2.72. The number of carbonyl (C=O) groups excluding carboxylic acids is 1. The van der Waals surface area contributed by atoms with Gasteiger partial charge in [0.2, 0.25) is 5.95 Å². The Hall–Kier alpha value is -3.68. The second-order valence-electron chi connectivity index (χ2n) is 6.91. The number of carbonyl (C=O) groups is 1. The molecule has 0 fully saturated rings. The summed E-state index contributed by atoms with van der Waals surface area (Å²) in [5, 5.41) is 4.97. The van der Waals surface area contributed by atoms with Crippen LogP contribution in [0.2, 0.25) is 0 Å². The first-order chi connectivity index (χ1) is 14.4. The van der Waals surface area contributed by atoms with Crippen LogP contribution in [0, 0.1) is 0 Å². The van der Waals surface area contributed by atoms with Gasteiger partial charge in [-0.25, -0.2) is 10.4 Å². The quantitative estimate of drug-likeness (QED) is 0.481. The van der Waals surface area contributed by atoms with E-state index in [1.807, 2.05) is 38.1 Å². The Morgan fingerprint density at radius 3 is 2.53 bits per heavy atom. The molecule has 0 aliphatic heterocycles. The average Bonchev–Trinajstić information content (AvgIpc) is 2.76. The summed E-state index contributed by atoms with van der Waals surface area (Å²) in [5.74, 6) is 0.888.